The summed E-state index contributed by atoms with van der Waals surface area (Å²) in [7, 11) is 4.62. The molecule has 0 saturated heterocycles. The van der Waals surface area contributed by atoms with Gasteiger partial charge in [-0.1, -0.05) is 6.07 Å². The number of aromatic nitrogens is 1. The van der Waals surface area contributed by atoms with Gasteiger partial charge in [0.1, 0.15) is 6.04 Å². The maximum Gasteiger partial charge on any atom is 0.311 e. The molecule has 12 nitrogen and oxygen atoms in total. The molecule has 14 heteroatoms. The number of nitrogens with one attached hydrogen (secondary N) is 3. The first-order valence-electron chi connectivity index (χ1n) is 15.1. The normalized spacial score (nSPS) is 14.0. The van der Waals surface area contributed by atoms with Crippen molar-refractivity contribution in [1.29, 1.82) is 0 Å². The molecule has 2 unspecified atom stereocenters. The number of carbonyl (C=O) groups excluding carboxylic acids is 3. The molecule has 0 radical (unpaired) electrons. The number of thiazole rings is 1. The average molecular weight is 685 g/mol. The molecule has 1 aliphatic carbocycles. The molecule has 0 saturated carbocycles. The van der Waals surface area contributed by atoms with Gasteiger partial charge < -0.3 is 34.9 Å². The summed E-state index contributed by atoms with van der Waals surface area (Å²) in [5.74, 6) is 1.01. The number of methoxy groups -OCH3 is 3. The first-order valence-corrected chi connectivity index (χ1v) is 17.3. The Hall–Kier alpha value is -4.30. The number of carbonyl (C=O) groups is 3. The number of hydrogen-bond acceptors (Lipinski definition) is 12. The quantitative estimate of drug-likeness (QED) is 0.204. The van der Waals surface area contributed by atoms with E-state index in [1.807, 2.05) is 12.3 Å². The zero-order valence-electron chi connectivity index (χ0n) is 27.3. The minimum absolute atomic E-state index is 0.00510. The van der Waals surface area contributed by atoms with E-state index >= 15 is 0 Å². The average Bonchev–Trinajstić information content (AvgIpc) is 3.34. The fraction of sp³-hybridized carbons (Fsp3) is 0.424. The number of aryl methyl sites for hydroxylation is 1. The lowest BCUT2D eigenvalue weighted by Gasteiger charge is -2.19. The molecule has 2 aromatic carbocycles. The van der Waals surface area contributed by atoms with E-state index in [0.717, 1.165) is 11.1 Å². The van der Waals surface area contributed by atoms with E-state index < -0.39 is 18.1 Å². The van der Waals surface area contributed by atoms with Crippen LogP contribution >= 0.6 is 23.1 Å². The van der Waals surface area contributed by atoms with Gasteiger partial charge in [-0.2, -0.15) is 11.8 Å². The van der Waals surface area contributed by atoms with Crippen molar-refractivity contribution in [2.45, 2.75) is 51.6 Å². The van der Waals surface area contributed by atoms with Gasteiger partial charge in [-0.3, -0.25) is 19.2 Å². The minimum atomic E-state index is -0.771. The molecule has 0 aliphatic heterocycles. The van der Waals surface area contributed by atoms with Gasteiger partial charge in [0.25, 0.3) is 0 Å². The van der Waals surface area contributed by atoms with Crippen LogP contribution in [0.4, 0.5) is 10.8 Å². The molecule has 3 N–H and O–H groups in total. The van der Waals surface area contributed by atoms with Crippen LogP contribution in [-0.2, 0) is 32.0 Å². The number of amides is 2. The lowest BCUT2D eigenvalue weighted by atomic mass is 9.95. The first kappa shape index (κ1) is 35.6. The van der Waals surface area contributed by atoms with E-state index in [4.69, 9.17) is 18.9 Å². The van der Waals surface area contributed by atoms with Gasteiger partial charge in [0.2, 0.25) is 23.0 Å². The number of nitrogens with zero attached hydrogens (tertiary/aromatic N) is 1. The smallest absolute Gasteiger partial charge is 0.311 e. The lowest BCUT2D eigenvalue weighted by molar-refractivity contribution is -0.142. The fourth-order valence-electron chi connectivity index (χ4n) is 5.52. The summed E-state index contributed by atoms with van der Waals surface area (Å²) >= 11 is 2.78. The zero-order chi connectivity index (χ0) is 34.1. The Balaban J connectivity index is 1.74. The predicted octanol–water partition coefficient (Wildman–Crippen LogP) is 4.60. The number of hydrogen-bond donors (Lipinski definition) is 3. The van der Waals surface area contributed by atoms with E-state index in [2.05, 4.69) is 20.9 Å². The molecule has 0 spiro atoms. The van der Waals surface area contributed by atoms with Gasteiger partial charge in [0, 0.05) is 17.9 Å². The van der Waals surface area contributed by atoms with Crippen molar-refractivity contribution in [2.75, 3.05) is 50.6 Å². The largest absolute Gasteiger partial charge is 0.493 e. The molecular weight excluding hydrogens is 645 g/mol. The number of ether oxygens (including phenoxy) is 4. The molecule has 1 heterocycles. The zero-order valence-corrected chi connectivity index (χ0v) is 28.9. The second kappa shape index (κ2) is 16.5. The molecular formula is C33H40N4O8S2. The molecule has 3 aromatic rings. The molecule has 4 rings (SSSR count). The van der Waals surface area contributed by atoms with Gasteiger partial charge in [0.15, 0.2) is 16.6 Å². The Morgan fingerprint density at radius 3 is 2.53 bits per heavy atom. The van der Waals surface area contributed by atoms with E-state index in [-0.39, 0.29) is 36.0 Å². The Morgan fingerprint density at radius 2 is 1.87 bits per heavy atom. The van der Waals surface area contributed by atoms with Crippen LogP contribution in [-0.4, -0.2) is 68.8 Å². The molecule has 47 heavy (non-hydrogen) atoms. The van der Waals surface area contributed by atoms with Gasteiger partial charge in [0.05, 0.1) is 51.8 Å². The van der Waals surface area contributed by atoms with Crippen LogP contribution in [0, 0.1) is 0 Å². The van der Waals surface area contributed by atoms with Crippen LogP contribution in [0.5, 0.6) is 17.2 Å². The van der Waals surface area contributed by atoms with E-state index in [0.29, 0.717) is 64.2 Å². The van der Waals surface area contributed by atoms with Crippen LogP contribution in [0.25, 0.3) is 11.1 Å². The highest BCUT2D eigenvalue weighted by Crippen LogP contribution is 2.50. The fourth-order valence-corrected chi connectivity index (χ4v) is 6.70. The number of fused-ring (bicyclic) bond motifs is 3. The third kappa shape index (κ3) is 8.55. The van der Waals surface area contributed by atoms with Gasteiger partial charge in [-0.15, -0.1) is 11.3 Å². The monoisotopic (exact) mass is 684 g/mol. The first-order chi connectivity index (χ1) is 22.6. The minimum Gasteiger partial charge on any atom is -0.493 e. The summed E-state index contributed by atoms with van der Waals surface area (Å²) in [6.45, 7) is 3.44. The standard InChI is InChI=1S/C33H40N4O8S2/c1-7-45-28(40)15-20-17-47-33(35-20)37-32(41)25(12-13-46-6)36-24-11-9-21-22(16-26(24)39)23(34-18(2)38)10-8-19-14-27(42-3)30(43-4)31(44-5)29(19)21/h9,11,14,16-17,23,25H,7-8,10,12-13,15H2,1-6H3,(H,34,38)(H,36,39)(H,35,37,41). The van der Waals surface area contributed by atoms with Crippen LogP contribution in [0.1, 0.15) is 49.6 Å². The summed E-state index contributed by atoms with van der Waals surface area (Å²) in [4.78, 5) is 55.8. The Labute approximate surface area is 281 Å². The molecule has 1 aromatic heterocycles. The molecule has 2 amide bonds. The number of anilines is 2. The molecule has 252 valence electrons. The molecule has 0 fully saturated rings. The van der Waals surface area contributed by atoms with Crippen molar-refractivity contribution in [1.82, 2.24) is 10.3 Å². The Bertz CT molecular complexity index is 1680. The van der Waals surface area contributed by atoms with Crippen molar-refractivity contribution in [3.8, 4) is 28.4 Å². The van der Waals surface area contributed by atoms with E-state index in [1.165, 1.54) is 31.4 Å². The Morgan fingerprint density at radius 1 is 1.11 bits per heavy atom. The lowest BCUT2D eigenvalue weighted by Crippen LogP contribution is -2.36. The topological polar surface area (TPSA) is 154 Å². The second-order valence-corrected chi connectivity index (χ2v) is 12.5. The summed E-state index contributed by atoms with van der Waals surface area (Å²) in [5.41, 5.74) is 3.29. The third-order valence-corrected chi connectivity index (χ3v) is 9.04. The summed E-state index contributed by atoms with van der Waals surface area (Å²) in [6.07, 6.45) is 3.46. The van der Waals surface area contributed by atoms with Crippen molar-refractivity contribution in [2.24, 2.45) is 0 Å². The number of rotatable bonds is 14. The second-order valence-electron chi connectivity index (χ2n) is 10.7. The highest BCUT2D eigenvalue weighted by Gasteiger charge is 2.30. The summed E-state index contributed by atoms with van der Waals surface area (Å²) in [5, 5.41) is 11.0. The summed E-state index contributed by atoms with van der Waals surface area (Å²) < 4.78 is 22.1. The van der Waals surface area contributed by atoms with Gasteiger partial charge >= 0.3 is 5.97 Å². The van der Waals surface area contributed by atoms with Gasteiger partial charge in [-0.25, -0.2) is 4.98 Å². The Kier molecular flexibility index (Phi) is 12.5. The number of esters is 1. The summed E-state index contributed by atoms with van der Waals surface area (Å²) in [6, 6.07) is 5.62. The number of thioether (sulfide) groups is 1. The number of benzene rings is 1. The molecule has 1 aliphatic rings. The van der Waals surface area contributed by atoms with Crippen LogP contribution in [0.3, 0.4) is 0 Å². The van der Waals surface area contributed by atoms with Gasteiger partial charge in [-0.05, 0) is 73.1 Å². The van der Waals surface area contributed by atoms with E-state index in [9.17, 15) is 19.2 Å². The maximum absolute atomic E-state index is 13.8. The predicted molar refractivity (Wildman–Crippen MR) is 184 cm³/mol. The van der Waals surface area contributed by atoms with Crippen molar-refractivity contribution >= 4 is 51.7 Å². The SMILES string of the molecule is CCOC(=O)Cc1csc(NC(=O)C(CCSC)Nc2ccc3c(cc2=O)C(NC(C)=O)CCc2cc(OC)c(OC)c(OC)c2-3)n1. The highest BCUT2D eigenvalue weighted by atomic mass is 32.2. The van der Waals surface area contributed by atoms with Crippen LogP contribution < -0.4 is 35.6 Å². The highest BCUT2D eigenvalue weighted by molar-refractivity contribution is 7.98. The van der Waals surface area contributed by atoms with Crippen molar-refractivity contribution in [3.05, 3.63) is 56.7 Å². The van der Waals surface area contributed by atoms with Crippen LogP contribution in [0.15, 0.2) is 34.4 Å². The van der Waals surface area contributed by atoms with Crippen molar-refractivity contribution < 1.29 is 33.3 Å². The molecule has 2 atom stereocenters. The van der Waals surface area contributed by atoms with E-state index in [1.54, 1.807) is 50.4 Å². The third-order valence-electron chi connectivity index (χ3n) is 7.59. The van der Waals surface area contributed by atoms with Crippen molar-refractivity contribution in [3.63, 3.8) is 0 Å². The maximum atomic E-state index is 13.8. The van der Waals surface area contributed by atoms with Crippen LogP contribution in [0.2, 0.25) is 0 Å². The molecule has 0 bridgehead atoms.